The van der Waals surface area contributed by atoms with Crippen LogP contribution in [0.2, 0.25) is 0 Å². The minimum atomic E-state index is -0.293. The van der Waals surface area contributed by atoms with E-state index in [9.17, 15) is 9.59 Å². The lowest BCUT2D eigenvalue weighted by atomic mass is 9.96. The van der Waals surface area contributed by atoms with Crippen LogP contribution in [0.4, 0.5) is 10.6 Å². The quantitative estimate of drug-likeness (QED) is 0.917. The summed E-state index contributed by atoms with van der Waals surface area (Å²) >= 11 is 0. The number of carbonyl (C=O) groups excluding carboxylic acids is 2. The fraction of sp³-hybridized carbons (Fsp3) is 0.643. The van der Waals surface area contributed by atoms with E-state index in [1.807, 2.05) is 13.0 Å². The van der Waals surface area contributed by atoms with Gasteiger partial charge in [0.25, 0.3) is 0 Å². The van der Waals surface area contributed by atoms with Gasteiger partial charge in [0, 0.05) is 32.1 Å². The molecule has 2 heterocycles. The molecule has 2 rings (SSSR count). The van der Waals surface area contributed by atoms with E-state index < -0.39 is 0 Å². The molecular weight excluding hydrogens is 272 g/mol. The highest BCUT2D eigenvalue weighted by Gasteiger charge is 2.28. The predicted molar refractivity (Wildman–Crippen MR) is 77.9 cm³/mol. The number of aromatic nitrogens is 2. The Hall–Kier alpha value is -2.05. The van der Waals surface area contributed by atoms with Gasteiger partial charge in [-0.3, -0.25) is 9.48 Å². The average molecular weight is 294 g/mol. The molecule has 7 heteroatoms. The fourth-order valence-electron chi connectivity index (χ4n) is 2.49. The number of piperidine rings is 1. The highest BCUT2D eigenvalue weighted by Crippen LogP contribution is 2.20. The minimum Gasteiger partial charge on any atom is -0.450 e. The van der Waals surface area contributed by atoms with Crippen LogP contribution >= 0.6 is 0 Å². The zero-order valence-corrected chi connectivity index (χ0v) is 12.8. The molecular formula is C14H22N4O3. The van der Waals surface area contributed by atoms with Gasteiger partial charge in [-0.05, 0) is 26.7 Å². The topological polar surface area (TPSA) is 76.5 Å². The largest absolute Gasteiger partial charge is 0.450 e. The first-order valence-electron chi connectivity index (χ1n) is 7.24. The molecule has 1 aromatic heterocycles. The van der Waals surface area contributed by atoms with Gasteiger partial charge in [0.2, 0.25) is 5.91 Å². The smallest absolute Gasteiger partial charge is 0.409 e. The third-order valence-corrected chi connectivity index (χ3v) is 3.65. The van der Waals surface area contributed by atoms with Crippen molar-refractivity contribution in [2.24, 2.45) is 13.0 Å². The maximum atomic E-state index is 12.2. The van der Waals surface area contributed by atoms with Gasteiger partial charge in [-0.1, -0.05) is 0 Å². The number of aryl methyl sites for hydroxylation is 2. The molecule has 0 unspecified atom stereocenters. The number of carbonyl (C=O) groups is 2. The lowest BCUT2D eigenvalue weighted by Crippen LogP contribution is -2.41. The van der Waals surface area contributed by atoms with Gasteiger partial charge in [-0.15, -0.1) is 0 Å². The number of rotatable bonds is 3. The summed E-state index contributed by atoms with van der Waals surface area (Å²) in [5.41, 5.74) is 0.866. The first-order chi connectivity index (χ1) is 10.0. The van der Waals surface area contributed by atoms with E-state index >= 15 is 0 Å². The maximum absolute atomic E-state index is 12.2. The lowest BCUT2D eigenvalue weighted by Gasteiger charge is -2.30. The van der Waals surface area contributed by atoms with Crippen LogP contribution in [0.1, 0.15) is 25.5 Å². The van der Waals surface area contributed by atoms with Gasteiger partial charge in [0.15, 0.2) is 0 Å². The number of anilines is 1. The minimum absolute atomic E-state index is 0.0125. The van der Waals surface area contributed by atoms with Crippen LogP contribution in [0, 0.1) is 12.8 Å². The van der Waals surface area contributed by atoms with Crippen molar-refractivity contribution in [3.63, 3.8) is 0 Å². The number of hydrogen-bond acceptors (Lipinski definition) is 4. The summed E-state index contributed by atoms with van der Waals surface area (Å²) in [6.07, 6.45) is 1.02. The molecule has 1 N–H and O–H groups in total. The van der Waals surface area contributed by atoms with Crippen molar-refractivity contribution in [3.05, 3.63) is 11.8 Å². The van der Waals surface area contributed by atoms with Crippen LogP contribution in [0.5, 0.6) is 0 Å². The Bertz CT molecular complexity index is 518. The summed E-state index contributed by atoms with van der Waals surface area (Å²) < 4.78 is 6.62. The Morgan fingerprint density at radius 2 is 2.10 bits per heavy atom. The summed E-state index contributed by atoms with van der Waals surface area (Å²) in [5.74, 6) is 0.609. The van der Waals surface area contributed by atoms with E-state index in [2.05, 4.69) is 10.4 Å². The van der Waals surface area contributed by atoms with E-state index in [1.54, 1.807) is 23.6 Å². The van der Waals surface area contributed by atoms with Gasteiger partial charge in [-0.2, -0.15) is 5.10 Å². The maximum Gasteiger partial charge on any atom is 0.409 e. The number of nitrogens with zero attached hydrogens (tertiary/aromatic N) is 3. The van der Waals surface area contributed by atoms with Gasteiger partial charge < -0.3 is 15.0 Å². The van der Waals surface area contributed by atoms with E-state index in [1.165, 1.54) is 0 Å². The second-order valence-corrected chi connectivity index (χ2v) is 5.24. The van der Waals surface area contributed by atoms with Crippen molar-refractivity contribution in [2.45, 2.75) is 26.7 Å². The zero-order valence-electron chi connectivity index (χ0n) is 12.8. The first kappa shape index (κ1) is 15.3. The number of likely N-dealkylation sites (tertiary alicyclic amines) is 1. The summed E-state index contributed by atoms with van der Waals surface area (Å²) in [5, 5.41) is 7.09. The van der Waals surface area contributed by atoms with E-state index in [0.29, 0.717) is 38.4 Å². The molecule has 1 aromatic rings. The molecule has 1 saturated heterocycles. The van der Waals surface area contributed by atoms with Gasteiger partial charge in [0.1, 0.15) is 5.82 Å². The van der Waals surface area contributed by atoms with Crippen LogP contribution in [0.25, 0.3) is 0 Å². The Balaban J connectivity index is 1.86. The van der Waals surface area contributed by atoms with Crippen molar-refractivity contribution in [3.8, 4) is 0 Å². The van der Waals surface area contributed by atoms with Crippen molar-refractivity contribution in [2.75, 3.05) is 25.0 Å². The second kappa shape index (κ2) is 6.60. The molecule has 116 valence electrons. The Labute approximate surface area is 124 Å². The average Bonchev–Trinajstić information content (AvgIpc) is 2.77. The van der Waals surface area contributed by atoms with E-state index in [0.717, 1.165) is 5.69 Å². The summed E-state index contributed by atoms with van der Waals surface area (Å²) in [6.45, 7) is 5.16. The van der Waals surface area contributed by atoms with E-state index in [-0.39, 0.29) is 17.9 Å². The molecule has 0 saturated carbocycles. The molecule has 1 aliphatic heterocycles. The molecule has 0 aromatic carbocycles. The molecule has 7 nitrogen and oxygen atoms in total. The SMILES string of the molecule is CCOC(=O)N1CCC(C(=O)Nc2cc(C)nn2C)CC1. The normalized spacial score (nSPS) is 15.9. The van der Waals surface area contributed by atoms with Crippen LogP contribution in [-0.2, 0) is 16.6 Å². The Morgan fingerprint density at radius 1 is 1.43 bits per heavy atom. The number of nitrogens with one attached hydrogen (secondary N) is 1. The zero-order chi connectivity index (χ0) is 15.4. The van der Waals surface area contributed by atoms with Crippen LogP contribution in [-0.4, -0.2) is 46.4 Å². The molecule has 21 heavy (non-hydrogen) atoms. The number of ether oxygens (including phenoxy) is 1. The van der Waals surface area contributed by atoms with Crippen molar-refractivity contribution in [1.29, 1.82) is 0 Å². The summed E-state index contributed by atoms with van der Waals surface area (Å²) in [7, 11) is 1.80. The number of hydrogen-bond donors (Lipinski definition) is 1. The van der Waals surface area contributed by atoms with Crippen molar-refractivity contribution >= 4 is 17.8 Å². The van der Waals surface area contributed by atoms with Gasteiger partial charge >= 0.3 is 6.09 Å². The van der Waals surface area contributed by atoms with Gasteiger partial charge in [0.05, 0.1) is 12.3 Å². The van der Waals surface area contributed by atoms with Gasteiger partial charge in [-0.25, -0.2) is 4.79 Å². The fourth-order valence-corrected chi connectivity index (χ4v) is 2.49. The molecule has 0 bridgehead atoms. The molecule has 0 aliphatic carbocycles. The highest BCUT2D eigenvalue weighted by atomic mass is 16.6. The van der Waals surface area contributed by atoms with Crippen LogP contribution < -0.4 is 5.32 Å². The second-order valence-electron chi connectivity index (χ2n) is 5.24. The molecule has 0 atom stereocenters. The van der Waals surface area contributed by atoms with E-state index in [4.69, 9.17) is 4.74 Å². The lowest BCUT2D eigenvalue weighted by molar-refractivity contribution is -0.121. The predicted octanol–water partition coefficient (Wildman–Crippen LogP) is 1.54. The van der Waals surface area contributed by atoms with Crippen molar-refractivity contribution in [1.82, 2.24) is 14.7 Å². The first-order valence-corrected chi connectivity index (χ1v) is 7.24. The molecule has 0 spiro atoms. The van der Waals surface area contributed by atoms with Crippen molar-refractivity contribution < 1.29 is 14.3 Å². The Kier molecular flexibility index (Phi) is 4.82. The third-order valence-electron chi connectivity index (χ3n) is 3.65. The molecule has 0 radical (unpaired) electrons. The number of amides is 2. The summed E-state index contributed by atoms with van der Waals surface area (Å²) in [4.78, 5) is 25.5. The Morgan fingerprint density at radius 3 is 2.62 bits per heavy atom. The molecule has 1 aliphatic rings. The van der Waals surface area contributed by atoms with Crippen LogP contribution in [0.3, 0.4) is 0 Å². The molecule has 1 fully saturated rings. The summed E-state index contributed by atoms with van der Waals surface area (Å²) in [6, 6.07) is 1.84. The monoisotopic (exact) mass is 294 g/mol. The molecule has 2 amide bonds. The third kappa shape index (κ3) is 3.74. The highest BCUT2D eigenvalue weighted by molar-refractivity contribution is 5.92. The standard InChI is InChI=1S/C14H22N4O3/c1-4-21-14(20)18-7-5-11(6-8-18)13(19)15-12-9-10(2)16-17(12)3/h9,11H,4-8H2,1-3H3,(H,15,19). The van der Waals surface area contributed by atoms with Crippen LogP contribution in [0.15, 0.2) is 6.07 Å².